The number of hydrazone groups is 1. The molecule has 0 bridgehead atoms. The largest absolute Gasteiger partial charge is 0.333 e. The number of para-hydroxylation sites is 2. The van der Waals surface area contributed by atoms with Crippen LogP contribution in [0.2, 0.25) is 0 Å². The van der Waals surface area contributed by atoms with Gasteiger partial charge in [-0.2, -0.15) is 5.10 Å². The van der Waals surface area contributed by atoms with Gasteiger partial charge in [0.1, 0.15) is 0 Å². The van der Waals surface area contributed by atoms with Gasteiger partial charge in [-0.3, -0.25) is 4.79 Å². The number of carbonyl (C=O) groups is 1. The van der Waals surface area contributed by atoms with Crippen molar-refractivity contribution >= 4 is 34.4 Å². The number of hydrogen-bond donors (Lipinski definition) is 2. The molecule has 3 aromatic rings. The second kappa shape index (κ2) is 10.8. The molecule has 1 aromatic heterocycles. The van der Waals surface area contributed by atoms with E-state index in [2.05, 4.69) is 51.7 Å². The summed E-state index contributed by atoms with van der Waals surface area (Å²) in [7, 11) is 0. The molecule has 5 nitrogen and oxygen atoms in total. The second-order valence-corrected chi connectivity index (χ2v) is 8.05. The first-order valence-electron chi connectivity index (χ1n) is 10.2. The molecule has 0 spiro atoms. The Labute approximate surface area is 176 Å². The van der Waals surface area contributed by atoms with Crippen LogP contribution in [0, 0.1) is 0 Å². The summed E-state index contributed by atoms with van der Waals surface area (Å²) >= 11 is 1.37. The fourth-order valence-corrected chi connectivity index (χ4v) is 3.72. The van der Waals surface area contributed by atoms with Gasteiger partial charge < -0.3 is 4.98 Å². The number of H-pyrrole nitrogens is 1. The molecule has 1 amide bonds. The van der Waals surface area contributed by atoms with E-state index >= 15 is 0 Å². The summed E-state index contributed by atoms with van der Waals surface area (Å²) in [5, 5.41) is 4.97. The number of rotatable bonds is 10. The van der Waals surface area contributed by atoms with Crippen molar-refractivity contribution in [1.82, 2.24) is 15.4 Å². The smallest absolute Gasteiger partial charge is 0.250 e. The number of unbranched alkanes of at least 4 members (excludes halogenated alkanes) is 3. The van der Waals surface area contributed by atoms with Crippen molar-refractivity contribution in [3.05, 3.63) is 59.7 Å². The molecule has 6 heteroatoms. The van der Waals surface area contributed by atoms with Gasteiger partial charge in [0.25, 0.3) is 5.91 Å². The van der Waals surface area contributed by atoms with Crippen LogP contribution in [-0.2, 0) is 11.2 Å². The van der Waals surface area contributed by atoms with Gasteiger partial charge >= 0.3 is 0 Å². The number of nitrogens with zero attached hydrogens (tertiary/aromatic N) is 2. The lowest BCUT2D eigenvalue weighted by molar-refractivity contribution is -0.118. The van der Waals surface area contributed by atoms with E-state index in [-0.39, 0.29) is 11.7 Å². The summed E-state index contributed by atoms with van der Waals surface area (Å²) in [5.74, 6) is 0.107. The average molecular weight is 409 g/mol. The molecule has 0 atom stereocenters. The predicted octanol–water partition coefficient (Wildman–Crippen LogP) is 5.32. The summed E-state index contributed by atoms with van der Waals surface area (Å²) in [6.45, 7) is 4.14. The van der Waals surface area contributed by atoms with Crippen LogP contribution in [0.15, 0.2) is 58.8 Å². The minimum Gasteiger partial charge on any atom is -0.333 e. The first kappa shape index (κ1) is 21.1. The lowest BCUT2D eigenvalue weighted by Crippen LogP contribution is -2.21. The van der Waals surface area contributed by atoms with Crippen molar-refractivity contribution in [3.63, 3.8) is 0 Å². The molecule has 0 unspecified atom stereocenters. The molecule has 2 aromatic carbocycles. The Morgan fingerprint density at radius 3 is 2.66 bits per heavy atom. The van der Waals surface area contributed by atoms with E-state index in [1.54, 1.807) is 0 Å². The molecule has 0 saturated carbocycles. The van der Waals surface area contributed by atoms with Crippen LogP contribution in [0.4, 0.5) is 0 Å². The maximum absolute atomic E-state index is 12.1. The van der Waals surface area contributed by atoms with E-state index in [9.17, 15) is 4.79 Å². The van der Waals surface area contributed by atoms with Crippen LogP contribution in [-0.4, -0.2) is 27.3 Å². The molecule has 0 aliphatic heterocycles. The monoisotopic (exact) mass is 408 g/mol. The molecule has 0 fully saturated rings. The summed E-state index contributed by atoms with van der Waals surface area (Å²) < 4.78 is 0. The van der Waals surface area contributed by atoms with Gasteiger partial charge in [-0.25, -0.2) is 10.4 Å². The van der Waals surface area contributed by atoms with Gasteiger partial charge in [0.2, 0.25) is 0 Å². The SMILES string of the molecule is CCCCCCc1ccc(C(C)=NNC(=O)CSc2nc3ccccc3[nH]2)cc1. The maximum Gasteiger partial charge on any atom is 0.250 e. The summed E-state index contributed by atoms with van der Waals surface area (Å²) in [4.78, 5) is 19.8. The fraction of sp³-hybridized carbons (Fsp3) is 0.348. The first-order valence-corrected chi connectivity index (χ1v) is 11.1. The van der Waals surface area contributed by atoms with E-state index in [1.807, 2.05) is 31.2 Å². The number of amides is 1. The van der Waals surface area contributed by atoms with E-state index in [0.717, 1.165) is 33.9 Å². The number of fused-ring (bicyclic) bond motifs is 1. The summed E-state index contributed by atoms with van der Waals surface area (Å²) in [5.41, 5.74) is 7.67. The number of aromatic nitrogens is 2. The summed E-state index contributed by atoms with van der Waals surface area (Å²) in [6, 6.07) is 16.3. The van der Waals surface area contributed by atoms with Crippen LogP contribution >= 0.6 is 11.8 Å². The first-order chi connectivity index (χ1) is 14.2. The second-order valence-electron chi connectivity index (χ2n) is 7.09. The third kappa shape index (κ3) is 6.46. The van der Waals surface area contributed by atoms with Crippen LogP contribution in [0.1, 0.15) is 50.7 Å². The van der Waals surface area contributed by atoms with E-state index in [1.165, 1.54) is 43.0 Å². The molecule has 0 saturated heterocycles. The molecule has 29 heavy (non-hydrogen) atoms. The van der Waals surface area contributed by atoms with E-state index in [4.69, 9.17) is 0 Å². The highest BCUT2D eigenvalue weighted by Crippen LogP contribution is 2.18. The number of nitrogens with one attached hydrogen (secondary N) is 2. The quantitative estimate of drug-likeness (QED) is 0.206. The van der Waals surface area contributed by atoms with Crippen molar-refractivity contribution in [3.8, 4) is 0 Å². The number of benzene rings is 2. The Bertz CT molecular complexity index is 929. The van der Waals surface area contributed by atoms with Gasteiger partial charge in [0, 0.05) is 0 Å². The fourth-order valence-electron chi connectivity index (χ4n) is 3.04. The van der Waals surface area contributed by atoms with Gasteiger partial charge in [0.15, 0.2) is 5.16 Å². The number of imidazole rings is 1. The van der Waals surface area contributed by atoms with Crippen molar-refractivity contribution in [2.45, 2.75) is 51.1 Å². The molecule has 3 rings (SSSR count). The van der Waals surface area contributed by atoms with E-state index in [0.29, 0.717) is 0 Å². The van der Waals surface area contributed by atoms with Crippen LogP contribution in [0.5, 0.6) is 0 Å². The molecule has 152 valence electrons. The molecule has 0 aliphatic rings. The predicted molar refractivity (Wildman–Crippen MR) is 121 cm³/mol. The number of thioether (sulfide) groups is 1. The van der Waals surface area contributed by atoms with Crippen molar-refractivity contribution < 1.29 is 4.79 Å². The lowest BCUT2D eigenvalue weighted by Gasteiger charge is -2.05. The van der Waals surface area contributed by atoms with Gasteiger partial charge in [-0.1, -0.05) is 74.3 Å². The Morgan fingerprint density at radius 2 is 1.90 bits per heavy atom. The van der Waals surface area contributed by atoms with Crippen molar-refractivity contribution in [1.29, 1.82) is 0 Å². The molecule has 0 aliphatic carbocycles. The third-order valence-electron chi connectivity index (χ3n) is 4.75. The molecular weight excluding hydrogens is 380 g/mol. The van der Waals surface area contributed by atoms with E-state index < -0.39 is 0 Å². The number of aryl methyl sites for hydroxylation is 1. The molecule has 0 radical (unpaired) electrons. The van der Waals surface area contributed by atoms with Gasteiger partial charge in [-0.05, 0) is 43.0 Å². The number of hydrogen-bond acceptors (Lipinski definition) is 4. The summed E-state index contributed by atoms with van der Waals surface area (Å²) in [6.07, 6.45) is 6.21. The zero-order chi connectivity index (χ0) is 20.5. The highest BCUT2D eigenvalue weighted by Gasteiger charge is 2.07. The Balaban J connectivity index is 1.46. The Kier molecular flexibility index (Phi) is 7.87. The highest BCUT2D eigenvalue weighted by molar-refractivity contribution is 7.99. The highest BCUT2D eigenvalue weighted by atomic mass is 32.2. The Morgan fingerprint density at radius 1 is 1.10 bits per heavy atom. The van der Waals surface area contributed by atoms with Crippen molar-refractivity contribution in [2.24, 2.45) is 5.10 Å². The van der Waals surface area contributed by atoms with Crippen LogP contribution in [0.3, 0.4) is 0 Å². The number of carbonyl (C=O) groups excluding carboxylic acids is 1. The lowest BCUT2D eigenvalue weighted by atomic mass is 10.0. The van der Waals surface area contributed by atoms with Crippen LogP contribution in [0.25, 0.3) is 11.0 Å². The maximum atomic E-state index is 12.1. The average Bonchev–Trinajstić information content (AvgIpc) is 3.17. The normalized spacial score (nSPS) is 11.7. The minimum atomic E-state index is -0.151. The molecular formula is C23H28N4OS. The van der Waals surface area contributed by atoms with Gasteiger partial charge in [-0.15, -0.1) is 0 Å². The Hall–Kier alpha value is -2.60. The van der Waals surface area contributed by atoms with Crippen molar-refractivity contribution in [2.75, 3.05) is 5.75 Å². The molecule has 2 N–H and O–H groups in total. The topological polar surface area (TPSA) is 70.1 Å². The zero-order valence-electron chi connectivity index (χ0n) is 17.1. The third-order valence-corrected chi connectivity index (χ3v) is 5.62. The molecule has 1 heterocycles. The van der Waals surface area contributed by atoms with Gasteiger partial charge in [0.05, 0.1) is 22.5 Å². The minimum absolute atomic E-state index is 0.151. The number of aromatic amines is 1. The van der Waals surface area contributed by atoms with Crippen LogP contribution < -0.4 is 5.43 Å². The zero-order valence-corrected chi connectivity index (χ0v) is 17.9. The standard InChI is InChI=1S/C23H28N4OS/c1-3-4-5-6-9-18-12-14-19(15-13-18)17(2)26-27-22(28)16-29-23-24-20-10-7-8-11-21(20)25-23/h7-8,10-15H,3-6,9,16H2,1-2H3,(H,24,25)(H,27,28).